The van der Waals surface area contributed by atoms with Crippen molar-refractivity contribution in [2.75, 3.05) is 6.54 Å². The maximum Gasteiger partial charge on any atom is 0.127 e. The molecule has 0 heterocycles. The van der Waals surface area contributed by atoms with Gasteiger partial charge >= 0.3 is 0 Å². The number of ether oxygens (including phenoxy) is 1. The normalized spacial score (nSPS) is 10.6. The molecular weight excluding hydrogens is 253 g/mol. The predicted octanol–water partition coefficient (Wildman–Crippen LogP) is 3.47. The number of nitrogens with two attached hydrogens (primary N) is 1. The zero-order valence-electron chi connectivity index (χ0n) is 11.7. The van der Waals surface area contributed by atoms with Crippen molar-refractivity contribution in [2.45, 2.75) is 26.4 Å². The van der Waals surface area contributed by atoms with Crippen LogP contribution >= 0.6 is 0 Å². The summed E-state index contributed by atoms with van der Waals surface area (Å²) in [4.78, 5) is 0. The van der Waals surface area contributed by atoms with Crippen molar-refractivity contribution in [3.05, 3.63) is 65.0 Å². The van der Waals surface area contributed by atoms with Gasteiger partial charge in [0.2, 0.25) is 0 Å². The van der Waals surface area contributed by atoms with Crippen LogP contribution in [0.25, 0.3) is 0 Å². The van der Waals surface area contributed by atoms with Gasteiger partial charge in [-0.2, -0.15) is 0 Å². The van der Waals surface area contributed by atoms with E-state index in [9.17, 15) is 4.39 Å². The molecule has 0 aliphatic rings. The monoisotopic (exact) mass is 273 g/mol. The fourth-order valence-corrected chi connectivity index (χ4v) is 2.05. The number of benzene rings is 2. The van der Waals surface area contributed by atoms with E-state index >= 15 is 0 Å². The van der Waals surface area contributed by atoms with Crippen LogP contribution in [0.3, 0.4) is 0 Å². The van der Waals surface area contributed by atoms with Gasteiger partial charge in [0.1, 0.15) is 18.2 Å². The van der Waals surface area contributed by atoms with Gasteiger partial charge < -0.3 is 10.5 Å². The lowest BCUT2D eigenvalue weighted by Crippen LogP contribution is -2.03. The molecule has 0 amide bonds. The lowest BCUT2D eigenvalue weighted by atomic mass is 10.1. The average Bonchev–Trinajstić information content (AvgIpc) is 2.45. The smallest absolute Gasteiger partial charge is 0.127 e. The Bertz CT molecular complexity index is 551. The highest BCUT2D eigenvalue weighted by molar-refractivity contribution is 5.30. The van der Waals surface area contributed by atoms with E-state index in [0.717, 1.165) is 17.5 Å². The van der Waals surface area contributed by atoms with Crippen LogP contribution in [0.2, 0.25) is 0 Å². The molecule has 20 heavy (non-hydrogen) atoms. The fraction of sp³-hybridized carbons (Fsp3) is 0.294. The standard InChI is InChI=1S/C17H20FNO/c1-2-13-3-5-14(6-4-13)12-20-17-10-15(7-8-19)9-16(18)11-17/h3-6,9-11H,2,7-8,12,19H2,1H3. The number of halogens is 1. The molecule has 0 aromatic heterocycles. The van der Waals surface area contributed by atoms with Crippen molar-refractivity contribution in [2.24, 2.45) is 5.73 Å². The molecule has 0 radical (unpaired) electrons. The van der Waals surface area contributed by atoms with Gasteiger partial charge in [0.25, 0.3) is 0 Å². The van der Waals surface area contributed by atoms with Gasteiger partial charge in [-0.15, -0.1) is 0 Å². The largest absolute Gasteiger partial charge is 0.489 e. The van der Waals surface area contributed by atoms with E-state index in [4.69, 9.17) is 10.5 Å². The molecule has 0 saturated heterocycles. The minimum Gasteiger partial charge on any atom is -0.489 e. The summed E-state index contributed by atoms with van der Waals surface area (Å²) < 4.78 is 19.1. The molecule has 0 unspecified atom stereocenters. The highest BCUT2D eigenvalue weighted by Gasteiger charge is 2.02. The van der Waals surface area contributed by atoms with Gasteiger partial charge in [0, 0.05) is 6.07 Å². The summed E-state index contributed by atoms with van der Waals surface area (Å²) in [5.74, 6) is 0.264. The Labute approximate surface area is 119 Å². The number of hydrogen-bond donors (Lipinski definition) is 1. The van der Waals surface area contributed by atoms with Crippen molar-refractivity contribution in [1.29, 1.82) is 0 Å². The first-order valence-electron chi connectivity index (χ1n) is 6.91. The number of rotatable bonds is 6. The Morgan fingerprint density at radius 1 is 1.00 bits per heavy atom. The van der Waals surface area contributed by atoms with Crippen molar-refractivity contribution in [3.63, 3.8) is 0 Å². The Morgan fingerprint density at radius 3 is 2.35 bits per heavy atom. The summed E-state index contributed by atoms with van der Waals surface area (Å²) >= 11 is 0. The fourth-order valence-electron chi connectivity index (χ4n) is 2.05. The third-order valence-corrected chi connectivity index (χ3v) is 3.20. The van der Waals surface area contributed by atoms with Gasteiger partial charge in [-0.1, -0.05) is 31.2 Å². The second-order valence-corrected chi connectivity index (χ2v) is 4.79. The van der Waals surface area contributed by atoms with E-state index in [1.165, 1.54) is 17.7 Å². The third kappa shape index (κ3) is 4.07. The highest BCUT2D eigenvalue weighted by Crippen LogP contribution is 2.18. The molecule has 0 atom stereocenters. The predicted molar refractivity (Wildman–Crippen MR) is 79.3 cm³/mol. The summed E-state index contributed by atoms with van der Waals surface area (Å²) in [6.07, 6.45) is 1.67. The molecule has 3 heteroatoms. The van der Waals surface area contributed by atoms with Crippen LogP contribution in [0.5, 0.6) is 5.75 Å². The zero-order chi connectivity index (χ0) is 14.4. The van der Waals surface area contributed by atoms with Gasteiger partial charge in [-0.25, -0.2) is 4.39 Å². The van der Waals surface area contributed by atoms with Gasteiger partial charge in [-0.05, 0) is 48.2 Å². The molecule has 2 aromatic rings. The molecule has 2 N–H and O–H groups in total. The molecular formula is C17H20FNO. The molecule has 0 spiro atoms. The van der Waals surface area contributed by atoms with Crippen LogP contribution < -0.4 is 10.5 Å². The zero-order valence-corrected chi connectivity index (χ0v) is 11.7. The first kappa shape index (κ1) is 14.5. The molecule has 0 fully saturated rings. The Hall–Kier alpha value is -1.87. The molecule has 0 saturated carbocycles. The molecule has 2 rings (SSSR count). The van der Waals surface area contributed by atoms with Crippen molar-refractivity contribution in [3.8, 4) is 5.75 Å². The maximum absolute atomic E-state index is 13.5. The van der Waals surface area contributed by atoms with Crippen molar-refractivity contribution >= 4 is 0 Å². The minimum absolute atomic E-state index is 0.285. The Kier molecular flexibility index (Phi) is 5.13. The highest BCUT2D eigenvalue weighted by atomic mass is 19.1. The molecule has 2 aromatic carbocycles. The van der Waals surface area contributed by atoms with Gasteiger partial charge in [0.15, 0.2) is 0 Å². The summed E-state index contributed by atoms with van der Waals surface area (Å²) in [6, 6.07) is 13.0. The molecule has 0 aliphatic carbocycles. The van der Waals surface area contributed by atoms with Crippen LogP contribution in [0.1, 0.15) is 23.6 Å². The third-order valence-electron chi connectivity index (χ3n) is 3.20. The van der Waals surface area contributed by atoms with Crippen LogP contribution in [-0.2, 0) is 19.4 Å². The Morgan fingerprint density at radius 2 is 1.70 bits per heavy atom. The number of aryl methyl sites for hydroxylation is 1. The Balaban J connectivity index is 2.02. The SMILES string of the molecule is CCc1ccc(COc2cc(F)cc(CCN)c2)cc1. The average molecular weight is 273 g/mol. The van der Waals surface area contributed by atoms with Crippen LogP contribution in [0.4, 0.5) is 4.39 Å². The summed E-state index contributed by atoms with van der Waals surface area (Å²) in [7, 11) is 0. The van der Waals surface area contributed by atoms with E-state index in [2.05, 4.69) is 19.1 Å². The van der Waals surface area contributed by atoms with Crippen molar-refractivity contribution < 1.29 is 9.13 Å². The minimum atomic E-state index is -0.285. The molecule has 0 aliphatic heterocycles. The van der Waals surface area contributed by atoms with E-state index in [1.807, 2.05) is 18.2 Å². The quantitative estimate of drug-likeness (QED) is 0.874. The summed E-state index contributed by atoms with van der Waals surface area (Å²) in [6.45, 7) is 3.06. The van der Waals surface area contributed by atoms with Crippen LogP contribution in [0.15, 0.2) is 42.5 Å². The lowest BCUT2D eigenvalue weighted by Gasteiger charge is -2.09. The van der Waals surface area contributed by atoms with E-state index < -0.39 is 0 Å². The van der Waals surface area contributed by atoms with Crippen LogP contribution in [0, 0.1) is 5.82 Å². The second kappa shape index (κ2) is 7.06. The second-order valence-electron chi connectivity index (χ2n) is 4.79. The van der Waals surface area contributed by atoms with Crippen LogP contribution in [-0.4, -0.2) is 6.54 Å². The molecule has 0 bridgehead atoms. The first-order valence-corrected chi connectivity index (χ1v) is 6.91. The van der Waals surface area contributed by atoms with Gasteiger partial charge in [-0.3, -0.25) is 0 Å². The first-order chi connectivity index (χ1) is 9.71. The molecule has 106 valence electrons. The summed E-state index contributed by atoms with van der Waals surface area (Å²) in [5, 5.41) is 0. The van der Waals surface area contributed by atoms with Crippen molar-refractivity contribution in [1.82, 2.24) is 0 Å². The van der Waals surface area contributed by atoms with E-state index in [0.29, 0.717) is 25.3 Å². The maximum atomic E-state index is 13.5. The topological polar surface area (TPSA) is 35.2 Å². The van der Waals surface area contributed by atoms with E-state index in [-0.39, 0.29) is 5.82 Å². The summed E-state index contributed by atoms with van der Waals surface area (Å²) in [5.41, 5.74) is 8.73. The lowest BCUT2D eigenvalue weighted by molar-refractivity contribution is 0.304. The number of hydrogen-bond acceptors (Lipinski definition) is 2. The molecule has 2 nitrogen and oxygen atoms in total. The van der Waals surface area contributed by atoms with E-state index in [1.54, 1.807) is 0 Å². The van der Waals surface area contributed by atoms with Gasteiger partial charge in [0.05, 0.1) is 0 Å².